The second-order valence-corrected chi connectivity index (χ2v) is 19.6. The van der Waals surface area contributed by atoms with Crippen molar-refractivity contribution >= 4 is 22.3 Å². The molecule has 0 aromatic carbocycles. The minimum absolute atomic E-state index is 0.182. The Morgan fingerprint density at radius 2 is 1.12 bits per heavy atom. The van der Waals surface area contributed by atoms with E-state index in [0.717, 1.165) is 17.1 Å². The van der Waals surface area contributed by atoms with E-state index >= 15 is 0 Å². The van der Waals surface area contributed by atoms with Gasteiger partial charge in [0.2, 0.25) is 0 Å². The fourth-order valence-corrected chi connectivity index (χ4v) is 3.65. The molecule has 0 spiro atoms. The summed E-state index contributed by atoms with van der Waals surface area (Å²) in [7, 11) is -3.60. The number of aromatic nitrogens is 1. The summed E-state index contributed by atoms with van der Waals surface area (Å²) in [6, 6.07) is 3.81. The summed E-state index contributed by atoms with van der Waals surface area (Å²) in [5.41, 5.74) is 8.58. The average molecular weight is 383 g/mol. The van der Waals surface area contributed by atoms with E-state index in [0.29, 0.717) is 13.2 Å². The van der Waals surface area contributed by atoms with Crippen molar-refractivity contribution < 1.29 is 8.85 Å². The zero-order chi connectivity index (χ0) is 19.7. The van der Waals surface area contributed by atoms with Crippen LogP contribution < -0.4 is 5.73 Å². The van der Waals surface area contributed by atoms with Crippen molar-refractivity contribution in [3.8, 4) is 0 Å². The summed E-state index contributed by atoms with van der Waals surface area (Å²) in [5, 5.41) is 0.364. The molecule has 144 valence electrons. The van der Waals surface area contributed by atoms with E-state index in [1.807, 2.05) is 12.1 Å². The van der Waals surface area contributed by atoms with Gasteiger partial charge in [-0.1, -0.05) is 41.5 Å². The van der Waals surface area contributed by atoms with E-state index in [1.54, 1.807) is 0 Å². The maximum absolute atomic E-state index is 6.28. The van der Waals surface area contributed by atoms with Crippen LogP contribution in [-0.4, -0.2) is 21.6 Å². The summed E-state index contributed by atoms with van der Waals surface area (Å²) >= 11 is 0. The zero-order valence-corrected chi connectivity index (χ0v) is 19.9. The van der Waals surface area contributed by atoms with Gasteiger partial charge in [0.25, 0.3) is 0 Å². The first kappa shape index (κ1) is 22.3. The minimum atomic E-state index is -1.80. The molecular formula is C19H38N2O2Si2. The summed E-state index contributed by atoms with van der Waals surface area (Å²) in [6.45, 7) is 23.5. The van der Waals surface area contributed by atoms with Crippen LogP contribution in [0.5, 0.6) is 0 Å². The highest BCUT2D eigenvalue weighted by Gasteiger charge is 2.38. The number of hydrogen-bond donors (Lipinski definition) is 1. The molecule has 25 heavy (non-hydrogen) atoms. The average Bonchev–Trinajstić information content (AvgIpc) is 2.40. The van der Waals surface area contributed by atoms with Crippen LogP contribution in [0, 0.1) is 0 Å². The molecule has 1 aromatic rings. The van der Waals surface area contributed by atoms with Gasteiger partial charge in [0.05, 0.1) is 24.6 Å². The molecule has 0 radical (unpaired) electrons. The largest absolute Gasteiger partial charge is 0.411 e. The van der Waals surface area contributed by atoms with Crippen molar-refractivity contribution in [2.24, 2.45) is 0 Å². The molecule has 0 aliphatic rings. The van der Waals surface area contributed by atoms with E-state index in [4.69, 9.17) is 19.6 Å². The maximum Gasteiger partial charge on any atom is 0.192 e. The van der Waals surface area contributed by atoms with Crippen LogP contribution in [0.3, 0.4) is 0 Å². The van der Waals surface area contributed by atoms with Crippen molar-refractivity contribution in [2.45, 2.75) is 91.0 Å². The van der Waals surface area contributed by atoms with Crippen LogP contribution in [0.1, 0.15) is 52.9 Å². The van der Waals surface area contributed by atoms with Gasteiger partial charge >= 0.3 is 0 Å². The number of rotatable bonds is 6. The van der Waals surface area contributed by atoms with Crippen molar-refractivity contribution in [1.82, 2.24) is 4.98 Å². The monoisotopic (exact) mass is 382 g/mol. The summed E-state index contributed by atoms with van der Waals surface area (Å²) in [4.78, 5) is 4.72. The van der Waals surface area contributed by atoms with E-state index < -0.39 is 16.6 Å². The first-order chi connectivity index (χ1) is 11.1. The standard InChI is InChI=1S/C19H38N2O2Si2/c1-18(2,3)24(7,8)22-13-16-11-15(20)12-17(21-16)14-23-25(9,10)19(4,5)6/h11-12H,13-14H2,1-10H3,(H2,20,21). The smallest absolute Gasteiger partial charge is 0.192 e. The van der Waals surface area contributed by atoms with E-state index in [2.05, 4.69) is 67.7 Å². The van der Waals surface area contributed by atoms with E-state index in [1.165, 1.54) is 0 Å². The Hall–Kier alpha value is -0.696. The van der Waals surface area contributed by atoms with Crippen molar-refractivity contribution in [1.29, 1.82) is 0 Å². The molecule has 0 amide bonds. The molecule has 0 aliphatic carbocycles. The lowest BCUT2D eigenvalue weighted by Crippen LogP contribution is -2.40. The third-order valence-electron chi connectivity index (χ3n) is 5.73. The number of nitrogen functional groups attached to an aromatic ring is 1. The molecule has 4 nitrogen and oxygen atoms in total. The van der Waals surface area contributed by atoms with Crippen molar-refractivity contribution in [3.63, 3.8) is 0 Å². The first-order valence-electron chi connectivity index (χ1n) is 9.08. The van der Waals surface area contributed by atoms with Crippen molar-refractivity contribution in [2.75, 3.05) is 5.73 Å². The highest BCUT2D eigenvalue weighted by Crippen LogP contribution is 2.38. The second-order valence-electron chi connectivity index (χ2n) is 9.98. The molecule has 1 rings (SSSR count). The Morgan fingerprint density at radius 3 is 1.40 bits per heavy atom. The summed E-state index contributed by atoms with van der Waals surface area (Å²) in [5.74, 6) is 0. The van der Waals surface area contributed by atoms with Gasteiger partial charge in [-0.05, 0) is 48.4 Å². The normalized spacial score (nSPS) is 14.0. The van der Waals surface area contributed by atoms with Gasteiger partial charge in [0.1, 0.15) is 0 Å². The molecule has 0 saturated heterocycles. The Labute approximate surface area is 156 Å². The topological polar surface area (TPSA) is 57.4 Å². The number of nitrogens with zero attached hydrogens (tertiary/aromatic N) is 1. The third-order valence-corrected chi connectivity index (χ3v) is 14.7. The van der Waals surface area contributed by atoms with Gasteiger partial charge in [-0.15, -0.1) is 0 Å². The van der Waals surface area contributed by atoms with Gasteiger partial charge in [-0.2, -0.15) is 0 Å². The first-order valence-corrected chi connectivity index (χ1v) is 14.9. The Kier molecular flexibility index (Phi) is 6.71. The highest BCUT2D eigenvalue weighted by atomic mass is 28.4. The lowest BCUT2D eigenvalue weighted by Gasteiger charge is -2.36. The quantitative estimate of drug-likeness (QED) is 0.640. The molecule has 0 saturated carbocycles. The van der Waals surface area contributed by atoms with E-state index in [-0.39, 0.29) is 10.1 Å². The van der Waals surface area contributed by atoms with Gasteiger partial charge in [-0.25, -0.2) is 0 Å². The number of anilines is 1. The van der Waals surface area contributed by atoms with Crippen molar-refractivity contribution in [3.05, 3.63) is 23.5 Å². The molecule has 6 heteroatoms. The number of nitrogens with two attached hydrogens (primary N) is 1. The van der Waals surface area contributed by atoms with Crippen LogP contribution in [0.15, 0.2) is 12.1 Å². The molecule has 2 N–H and O–H groups in total. The molecule has 0 aliphatic heterocycles. The summed E-state index contributed by atoms with van der Waals surface area (Å²) in [6.07, 6.45) is 0. The lowest BCUT2D eigenvalue weighted by atomic mass is 10.2. The highest BCUT2D eigenvalue weighted by molar-refractivity contribution is 6.74. The Morgan fingerprint density at radius 1 is 0.800 bits per heavy atom. The SMILES string of the molecule is CC(C)(C)[Si](C)(C)OCc1cc(N)cc(CO[Si](C)(C)C(C)(C)C)n1. The second kappa shape index (κ2) is 7.50. The number of pyridine rings is 1. The molecular weight excluding hydrogens is 344 g/mol. The molecule has 0 atom stereocenters. The van der Waals surface area contributed by atoms with E-state index in [9.17, 15) is 0 Å². The maximum atomic E-state index is 6.28. The third kappa shape index (κ3) is 6.20. The predicted molar refractivity (Wildman–Crippen MR) is 113 cm³/mol. The molecule has 0 fully saturated rings. The predicted octanol–water partition coefficient (Wildman–Crippen LogP) is 5.71. The van der Waals surface area contributed by atoms with Crippen LogP contribution in [0.4, 0.5) is 5.69 Å². The molecule has 0 bridgehead atoms. The summed E-state index contributed by atoms with van der Waals surface area (Å²) < 4.78 is 12.6. The Bertz CT molecular complexity index is 540. The fraction of sp³-hybridized carbons (Fsp3) is 0.737. The zero-order valence-electron chi connectivity index (χ0n) is 17.9. The minimum Gasteiger partial charge on any atom is -0.411 e. The van der Waals surface area contributed by atoms with Crippen LogP contribution in [0.2, 0.25) is 36.3 Å². The van der Waals surface area contributed by atoms with Gasteiger partial charge in [0, 0.05) is 5.69 Å². The van der Waals surface area contributed by atoms with Gasteiger partial charge < -0.3 is 14.6 Å². The van der Waals surface area contributed by atoms with Gasteiger partial charge in [0.15, 0.2) is 16.6 Å². The fourth-order valence-electron chi connectivity index (χ4n) is 1.77. The number of hydrogen-bond acceptors (Lipinski definition) is 4. The molecule has 1 aromatic heterocycles. The lowest BCUT2D eigenvalue weighted by molar-refractivity contribution is 0.262. The van der Waals surface area contributed by atoms with Crippen LogP contribution in [-0.2, 0) is 22.1 Å². The van der Waals surface area contributed by atoms with Crippen LogP contribution >= 0.6 is 0 Å². The van der Waals surface area contributed by atoms with Crippen LogP contribution in [0.25, 0.3) is 0 Å². The molecule has 1 heterocycles. The van der Waals surface area contributed by atoms with Gasteiger partial charge in [-0.3, -0.25) is 4.98 Å². The Balaban J connectivity index is 2.84. The molecule has 0 unspecified atom stereocenters.